The first kappa shape index (κ1) is 21.2. The van der Waals surface area contributed by atoms with Crippen LogP contribution in [0.5, 0.6) is 0 Å². The van der Waals surface area contributed by atoms with Crippen LogP contribution in [0.1, 0.15) is 33.0 Å². The van der Waals surface area contributed by atoms with Gasteiger partial charge >= 0.3 is 0 Å². The number of hydrogen-bond acceptors (Lipinski definition) is 6. The highest BCUT2D eigenvalue weighted by Crippen LogP contribution is 2.29. The van der Waals surface area contributed by atoms with E-state index in [4.69, 9.17) is 0 Å². The number of aryl methyl sites for hydroxylation is 3. The van der Waals surface area contributed by atoms with Crippen LogP contribution in [0.2, 0.25) is 0 Å². The fourth-order valence-electron chi connectivity index (χ4n) is 4.00. The van der Waals surface area contributed by atoms with E-state index in [-0.39, 0.29) is 11.5 Å². The topological polar surface area (TPSA) is 80.1 Å². The Balaban J connectivity index is 1.45. The minimum Gasteiger partial charge on any atom is -0.371 e. The van der Waals surface area contributed by atoms with Gasteiger partial charge in [0.25, 0.3) is 11.5 Å². The quantitative estimate of drug-likeness (QED) is 0.664. The third-order valence-electron chi connectivity index (χ3n) is 5.90. The van der Waals surface area contributed by atoms with E-state index < -0.39 is 0 Å². The van der Waals surface area contributed by atoms with Gasteiger partial charge in [0.15, 0.2) is 0 Å². The summed E-state index contributed by atoms with van der Waals surface area (Å²) in [5, 5.41) is 7.87. The summed E-state index contributed by atoms with van der Waals surface area (Å²) in [6, 6.07) is 10.4. The van der Waals surface area contributed by atoms with Crippen LogP contribution >= 0.6 is 11.3 Å². The van der Waals surface area contributed by atoms with Crippen LogP contribution in [0.15, 0.2) is 35.1 Å². The maximum absolute atomic E-state index is 12.9. The SMILES string of the molecule is Cc1nc(-c2c(C)c(C)nn(C)c2=O)sc1C(=O)NCC1CCN(c2ccccc2)C1. The van der Waals surface area contributed by atoms with Crippen LogP contribution in [0.3, 0.4) is 0 Å². The third-order valence-corrected chi connectivity index (χ3v) is 7.07. The second-order valence-electron chi connectivity index (χ2n) is 8.09. The van der Waals surface area contributed by atoms with E-state index in [2.05, 4.69) is 32.4 Å². The largest absolute Gasteiger partial charge is 0.371 e. The lowest BCUT2D eigenvalue weighted by Crippen LogP contribution is -2.30. The fourth-order valence-corrected chi connectivity index (χ4v) is 5.08. The first-order valence-corrected chi connectivity index (χ1v) is 11.3. The molecule has 162 valence electrons. The molecule has 3 heterocycles. The first-order valence-electron chi connectivity index (χ1n) is 10.5. The van der Waals surface area contributed by atoms with Crippen LogP contribution in [-0.2, 0) is 7.05 Å². The maximum atomic E-state index is 12.9. The zero-order chi connectivity index (χ0) is 22.1. The number of nitrogens with zero attached hydrogens (tertiary/aromatic N) is 4. The van der Waals surface area contributed by atoms with Crippen molar-refractivity contribution in [1.82, 2.24) is 20.1 Å². The van der Waals surface area contributed by atoms with Crippen LogP contribution in [0.4, 0.5) is 5.69 Å². The van der Waals surface area contributed by atoms with E-state index in [9.17, 15) is 9.59 Å². The van der Waals surface area contributed by atoms with Crippen molar-refractivity contribution >= 4 is 22.9 Å². The molecule has 1 aromatic carbocycles. The molecule has 1 atom stereocenters. The molecule has 0 bridgehead atoms. The molecule has 8 heteroatoms. The van der Waals surface area contributed by atoms with Gasteiger partial charge in [0.2, 0.25) is 0 Å². The molecule has 1 N–H and O–H groups in total. The number of para-hydroxylation sites is 1. The Hall–Kier alpha value is -3.00. The molecule has 1 unspecified atom stereocenters. The van der Waals surface area contributed by atoms with Crippen LogP contribution in [0.25, 0.3) is 10.6 Å². The van der Waals surface area contributed by atoms with Gasteiger partial charge in [-0.3, -0.25) is 9.59 Å². The fraction of sp³-hybridized carbons (Fsp3) is 0.391. The van der Waals surface area contributed by atoms with Gasteiger partial charge in [-0.05, 0) is 50.8 Å². The number of nitrogens with one attached hydrogen (secondary N) is 1. The molecule has 0 spiro atoms. The summed E-state index contributed by atoms with van der Waals surface area (Å²) in [4.78, 5) is 33.0. The molecule has 0 aliphatic carbocycles. The molecule has 7 nitrogen and oxygen atoms in total. The lowest BCUT2D eigenvalue weighted by atomic mass is 10.1. The minimum atomic E-state index is -0.198. The molecule has 1 amide bonds. The molecule has 1 saturated heterocycles. The van der Waals surface area contributed by atoms with Gasteiger partial charge in [-0.25, -0.2) is 9.67 Å². The Bertz CT molecular complexity index is 1170. The Morgan fingerprint density at radius 3 is 2.68 bits per heavy atom. The maximum Gasteiger partial charge on any atom is 0.277 e. The summed E-state index contributed by atoms with van der Waals surface area (Å²) in [7, 11) is 1.63. The van der Waals surface area contributed by atoms with Crippen molar-refractivity contribution < 1.29 is 4.79 Å². The number of carbonyl (C=O) groups excluding carboxylic acids is 1. The average Bonchev–Trinajstić information content (AvgIpc) is 3.38. The number of hydrogen-bond donors (Lipinski definition) is 1. The highest BCUT2D eigenvalue weighted by Gasteiger charge is 2.25. The zero-order valence-corrected chi connectivity index (χ0v) is 19.1. The Morgan fingerprint density at radius 2 is 1.94 bits per heavy atom. The summed E-state index contributed by atoms with van der Waals surface area (Å²) in [6.07, 6.45) is 1.05. The molecular weight excluding hydrogens is 410 g/mol. The summed E-state index contributed by atoms with van der Waals surface area (Å²) in [5.74, 6) is 0.286. The highest BCUT2D eigenvalue weighted by molar-refractivity contribution is 7.17. The van der Waals surface area contributed by atoms with Crippen molar-refractivity contribution in [1.29, 1.82) is 0 Å². The average molecular weight is 438 g/mol. The van der Waals surface area contributed by atoms with Gasteiger partial charge in [-0.2, -0.15) is 5.10 Å². The van der Waals surface area contributed by atoms with Gasteiger partial charge in [-0.15, -0.1) is 11.3 Å². The van der Waals surface area contributed by atoms with Crippen LogP contribution < -0.4 is 15.8 Å². The molecule has 1 aliphatic heterocycles. The van der Waals surface area contributed by atoms with Crippen molar-refractivity contribution in [3.8, 4) is 10.6 Å². The van der Waals surface area contributed by atoms with Crippen molar-refractivity contribution in [3.63, 3.8) is 0 Å². The number of anilines is 1. The van der Waals surface area contributed by atoms with Gasteiger partial charge in [-0.1, -0.05) is 18.2 Å². The van der Waals surface area contributed by atoms with Crippen molar-refractivity contribution in [3.05, 3.63) is 62.5 Å². The molecule has 3 aromatic rings. The molecule has 0 radical (unpaired) electrons. The molecular formula is C23H27N5O2S. The van der Waals surface area contributed by atoms with Crippen LogP contribution in [-0.4, -0.2) is 40.3 Å². The van der Waals surface area contributed by atoms with E-state index >= 15 is 0 Å². The second-order valence-corrected chi connectivity index (χ2v) is 9.09. The summed E-state index contributed by atoms with van der Waals surface area (Å²) >= 11 is 1.27. The normalized spacial score (nSPS) is 16.0. The summed E-state index contributed by atoms with van der Waals surface area (Å²) in [6.45, 7) is 8.11. The lowest BCUT2D eigenvalue weighted by molar-refractivity contribution is 0.0951. The number of rotatable bonds is 5. The van der Waals surface area contributed by atoms with E-state index in [0.717, 1.165) is 30.8 Å². The van der Waals surface area contributed by atoms with E-state index in [1.54, 1.807) is 7.05 Å². The van der Waals surface area contributed by atoms with Gasteiger partial charge in [0.05, 0.1) is 17.0 Å². The summed E-state index contributed by atoms with van der Waals surface area (Å²) in [5.41, 5.74) is 3.78. The first-order chi connectivity index (χ1) is 14.8. The zero-order valence-electron chi connectivity index (χ0n) is 18.3. The Morgan fingerprint density at radius 1 is 1.19 bits per heavy atom. The molecule has 4 rings (SSSR count). The van der Waals surface area contributed by atoms with Gasteiger partial charge in [0.1, 0.15) is 9.88 Å². The number of thiazole rings is 1. The van der Waals surface area contributed by atoms with Gasteiger partial charge in [0, 0.05) is 32.4 Å². The number of benzene rings is 1. The molecule has 1 fully saturated rings. The van der Waals surface area contributed by atoms with Crippen LogP contribution in [0, 0.1) is 26.7 Å². The lowest BCUT2D eigenvalue weighted by Gasteiger charge is -2.18. The van der Waals surface area contributed by atoms with Crippen molar-refractivity contribution in [2.45, 2.75) is 27.2 Å². The van der Waals surface area contributed by atoms with Gasteiger partial charge < -0.3 is 10.2 Å². The monoisotopic (exact) mass is 437 g/mol. The smallest absolute Gasteiger partial charge is 0.277 e. The Kier molecular flexibility index (Phi) is 5.91. The molecule has 0 saturated carbocycles. The third kappa shape index (κ3) is 4.25. The number of amides is 1. The highest BCUT2D eigenvalue weighted by atomic mass is 32.1. The predicted molar refractivity (Wildman–Crippen MR) is 124 cm³/mol. The van der Waals surface area contributed by atoms with Crippen molar-refractivity contribution in [2.24, 2.45) is 13.0 Å². The Labute approximate surface area is 185 Å². The van der Waals surface area contributed by atoms with E-state index in [0.29, 0.717) is 33.6 Å². The van der Waals surface area contributed by atoms with Crippen molar-refractivity contribution in [2.75, 3.05) is 24.5 Å². The standard InChI is InChI=1S/C23H27N5O2S/c1-14-15(2)26-27(4)23(30)19(14)22-25-16(3)20(31-22)21(29)24-12-17-10-11-28(13-17)18-8-6-5-7-9-18/h5-9,17H,10-13H2,1-4H3,(H,24,29). The molecule has 31 heavy (non-hydrogen) atoms. The summed E-state index contributed by atoms with van der Waals surface area (Å²) < 4.78 is 1.33. The van der Waals surface area contributed by atoms with E-state index in [1.165, 1.54) is 21.7 Å². The number of carbonyl (C=O) groups is 1. The number of aromatic nitrogens is 3. The second kappa shape index (κ2) is 8.63. The predicted octanol–water partition coefficient (Wildman–Crippen LogP) is 3.09. The molecule has 1 aliphatic rings. The molecule has 2 aromatic heterocycles. The minimum absolute atomic E-state index is 0.125. The van der Waals surface area contributed by atoms with E-state index in [1.807, 2.05) is 39.0 Å².